The first-order valence-electron chi connectivity index (χ1n) is 28.9. The Morgan fingerprint density at radius 2 is 0.893 bits per heavy atom. The Labute approximate surface area is 357 Å². The van der Waals surface area contributed by atoms with Gasteiger partial charge in [-0.1, -0.05) is 163 Å². The zero-order valence-corrected chi connectivity index (χ0v) is 28.4. The summed E-state index contributed by atoms with van der Waals surface area (Å²) in [7, 11) is 0. The minimum atomic E-state index is -0.978. The van der Waals surface area contributed by atoms with E-state index in [4.69, 9.17) is 35.5 Å². The highest BCUT2D eigenvalue weighted by atomic mass is 15.2. The second-order valence-electron chi connectivity index (χ2n) is 12.3. The first-order valence-corrected chi connectivity index (χ1v) is 16.9. The molecule has 8 aromatic carbocycles. The van der Waals surface area contributed by atoms with Crippen LogP contribution in [0.3, 0.4) is 0 Å². The normalized spacial score (nSPS) is 17.6. The largest absolute Gasteiger partial charge is 0.308 e. The minimum Gasteiger partial charge on any atom is -0.308 e. The summed E-state index contributed by atoms with van der Waals surface area (Å²) in [4.78, 5) is 14.2. The summed E-state index contributed by atoms with van der Waals surface area (Å²) >= 11 is 0. The van der Waals surface area contributed by atoms with Crippen LogP contribution in [0.25, 0.3) is 100 Å². The fourth-order valence-corrected chi connectivity index (χ4v) is 6.64. The second kappa shape index (κ2) is 13.0. The van der Waals surface area contributed by atoms with E-state index < -0.39 is 212 Å². The van der Waals surface area contributed by atoms with Crippen molar-refractivity contribution in [3.63, 3.8) is 0 Å². The highest BCUT2D eigenvalue weighted by molar-refractivity contribution is 6.11. The van der Waals surface area contributed by atoms with Gasteiger partial charge in [0.2, 0.25) is 5.95 Å². The lowest BCUT2D eigenvalue weighted by Gasteiger charge is -2.15. The van der Waals surface area contributed by atoms with Crippen molar-refractivity contribution in [3.8, 4) is 56.7 Å². The Morgan fingerprint density at radius 3 is 1.59 bits per heavy atom. The Hall–Kier alpha value is -7.63. The highest BCUT2D eigenvalue weighted by Crippen LogP contribution is 2.38. The first kappa shape index (κ1) is 16.0. The molecule has 0 fully saturated rings. The molecule has 262 valence electrons. The zero-order valence-electron chi connectivity index (χ0n) is 52.4. The van der Waals surface area contributed by atoms with E-state index in [2.05, 4.69) is 0 Å². The van der Waals surface area contributed by atoms with E-state index >= 15 is 0 Å². The van der Waals surface area contributed by atoms with Crippen LogP contribution in [0, 0.1) is 0 Å². The van der Waals surface area contributed by atoms with Crippen LogP contribution >= 0.6 is 0 Å². The molecule has 0 aliphatic carbocycles. The third-order valence-electron chi connectivity index (χ3n) is 9.13. The van der Waals surface area contributed by atoms with Crippen LogP contribution in [0.4, 0.5) is 0 Å². The van der Waals surface area contributed by atoms with Crippen LogP contribution in [0.15, 0.2) is 200 Å². The average Bonchev–Trinajstić information content (AvgIpc) is 3.79. The van der Waals surface area contributed by atoms with E-state index in [0.717, 1.165) is 14.7 Å². The smallest absolute Gasteiger partial charge is 0.238 e. The lowest BCUT2D eigenvalue weighted by Crippen LogP contribution is -2.07. The van der Waals surface area contributed by atoms with Gasteiger partial charge in [0.25, 0.3) is 0 Å². The molecule has 11 rings (SSSR count). The lowest BCUT2D eigenvalue weighted by molar-refractivity contribution is 0.951. The number of hydrogen-bond donors (Lipinski definition) is 0. The molecule has 3 heterocycles. The molecule has 0 saturated heterocycles. The van der Waals surface area contributed by atoms with Crippen molar-refractivity contribution in [3.05, 3.63) is 200 Å². The third-order valence-corrected chi connectivity index (χ3v) is 9.13. The molecule has 0 amide bonds. The van der Waals surface area contributed by atoms with Crippen molar-refractivity contribution in [1.82, 2.24) is 24.1 Å². The summed E-state index contributed by atoms with van der Waals surface area (Å²) < 4.78 is 218. The first-order chi connectivity index (χ1) is 37.8. The molecule has 0 aliphatic rings. The fraction of sp³-hybridized carbons (Fsp3) is 0. The van der Waals surface area contributed by atoms with Crippen LogP contribution in [0.2, 0.25) is 0 Å². The summed E-state index contributed by atoms with van der Waals surface area (Å²) in [5.74, 6) is -1.64. The monoisotopic (exact) mass is 739 g/mol. The van der Waals surface area contributed by atoms with Crippen LogP contribution in [-0.4, -0.2) is 24.1 Å². The van der Waals surface area contributed by atoms with Crippen molar-refractivity contribution in [2.45, 2.75) is 0 Å². The standard InChI is InChI=1S/C51H33N5/c1-3-15-34(16-4-1)36-27-29-37(30-28-36)49-52-50(54-51(53-49)56-45-24-12-8-19-39(45)40-20-9-13-25-46(40)56)43-22-10-14-26-47(43)55-44-23-11-7-21-41(44)42-32-31-38(33-48(42)55)35-17-5-2-6-18-35/h1-33H/i2D,5D,6D,7D,8D,9D,10D,11D,12D,13D,14D,17D,18D,19D,20D,21D,22D,23D,24D,25D,26D,31D,32D,33D. The van der Waals surface area contributed by atoms with E-state index in [9.17, 15) is 12.3 Å². The van der Waals surface area contributed by atoms with Crippen LogP contribution in [-0.2, 0) is 0 Å². The van der Waals surface area contributed by atoms with Crippen molar-refractivity contribution in [2.75, 3.05) is 0 Å². The molecule has 0 aliphatic heterocycles. The fourth-order valence-electron chi connectivity index (χ4n) is 6.64. The number of para-hydroxylation sites is 4. The molecule has 5 nitrogen and oxygen atoms in total. The number of fused-ring (bicyclic) bond motifs is 6. The topological polar surface area (TPSA) is 48.5 Å². The van der Waals surface area contributed by atoms with Gasteiger partial charge in [0.1, 0.15) is 0 Å². The number of benzene rings is 8. The van der Waals surface area contributed by atoms with Gasteiger partial charge in [-0.25, -0.2) is 4.98 Å². The van der Waals surface area contributed by atoms with Gasteiger partial charge in [-0.15, -0.1) is 0 Å². The molecule has 0 atom stereocenters. The van der Waals surface area contributed by atoms with Gasteiger partial charge < -0.3 is 4.57 Å². The van der Waals surface area contributed by atoms with Crippen LogP contribution < -0.4 is 0 Å². The number of aromatic nitrogens is 5. The highest BCUT2D eigenvalue weighted by Gasteiger charge is 2.21. The summed E-state index contributed by atoms with van der Waals surface area (Å²) in [5.41, 5.74) is -3.38. The molecule has 11 aromatic rings. The molecule has 0 bridgehead atoms. The molecular weight excluding hydrogens is 683 g/mol. The Bertz CT molecular complexity index is 4530. The molecule has 56 heavy (non-hydrogen) atoms. The molecule has 0 N–H and O–H groups in total. The minimum absolute atomic E-state index is 0.186. The Morgan fingerprint density at radius 1 is 0.357 bits per heavy atom. The Kier molecular flexibility index (Phi) is 3.73. The number of hydrogen-bond acceptors (Lipinski definition) is 3. The SMILES string of the molecule is [2H]c1c([2H])c([2H])c(-c2c([2H])c([2H])c3c4c([2H])c([2H])c([2H])c([2H])c4n(-c4c([2H])c([2H])c([2H])c([2H])c4-c4nc(-c5ccc(-c6ccccc6)cc5)nc(-n5c6c([2H])c([2H])c([2H])c([2H])c6c6c([2H])c([2H])c([2H])c([2H])c65)n4)c3c2[2H])c([2H])c1[2H]. The summed E-state index contributed by atoms with van der Waals surface area (Å²) in [6.45, 7) is 0. The van der Waals surface area contributed by atoms with Gasteiger partial charge in [0.15, 0.2) is 11.6 Å². The molecule has 5 heteroatoms. The van der Waals surface area contributed by atoms with Gasteiger partial charge in [0.05, 0.1) is 60.7 Å². The maximum Gasteiger partial charge on any atom is 0.238 e. The molecule has 0 spiro atoms. The molecule has 0 unspecified atom stereocenters. The maximum atomic E-state index is 9.88. The van der Waals surface area contributed by atoms with Crippen LogP contribution in [0.1, 0.15) is 32.9 Å². The van der Waals surface area contributed by atoms with E-state index in [1.54, 1.807) is 24.3 Å². The molecule has 0 radical (unpaired) electrons. The molecule has 3 aromatic heterocycles. The average molecular weight is 740 g/mol. The third kappa shape index (κ3) is 5.21. The van der Waals surface area contributed by atoms with Gasteiger partial charge in [-0.05, 0) is 58.5 Å². The zero-order chi connectivity index (χ0) is 57.9. The van der Waals surface area contributed by atoms with E-state index in [1.807, 2.05) is 30.3 Å². The Balaban J connectivity index is 1.37. The van der Waals surface area contributed by atoms with Crippen molar-refractivity contribution < 1.29 is 32.9 Å². The van der Waals surface area contributed by atoms with E-state index in [1.165, 1.54) is 0 Å². The second-order valence-corrected chi connectivity index (χ2v) is 12.3. The van der Waals surface area contributed by atoms with Crippen molar-refractivity contribution >= 4 is 43.6 Å². The predicted molar refractivity (Wildman–Crippen MR) is 230 cm³/mol. The maximum absolute atomic E-state index is 9.88. The van der Waals surface area contributed by atoms with Gasteiger partial charge in [0, 0.05) is 32.7 Å². The van der Waals surface area contributed by atoms with Gasteiger partial charge in [-0.2, -0.15) is 9.97 Å². The quantitative estimate of drug-likeness (QED) is 0.171. The molecule has 0 saturated carbocycles. The summed E-state index contributed by atoms with van der Waals surface area (Å²) in [5, 5.41) is -1.80. The van der Waals surface area contributed by atoms with E-state index in [0.29, 0.717) is 5.56 Å². The molecular formula is C51H33N5. The van der Waals surface area contributed by atoms with E-state index in [-0.39, 0.29) is 22.2 Å². The van der Waals surface area contributed by atoms with Crippen molar-refractivity contribution in [1.29, 1.82) is 0 Å². The van der Waals surface area contributed by atoms with Crippen molar-refractivity contribution in [2.24, 2.45) is 0 Å². The lowest BCUT2D eigenvalue weighted by atomic mass is 10.0. The number of nitrogens with zero attached hydrogens (tertiary/aromatic N) is 5. The van der Waals surface area contributed by atoms with Gasteiger partial charge >= 0.3 is 0 Å². The van der Waals surface area contributed by atoms with Crippen LogP contribution in [0.5, 0.6) is 0 Å². The number of rotatable bonds is 6. The summed E-state index contributed by atoms with van der Waals surface area (Å²) in [6, 6.07) is -4.59. The predicted octanol–water partition coefficient (Wildman–Crippen LogP) is 12.7. The summed E-state index contributed by atoms with van der Waals surface area (Å²) in [6.07, 6.45) is 0. The van der Waals surface area contributed by atoms with Gasteiger partial charge in [-0.3, -0.25) is 4.57 Å².